The minimum absolute atomic E-state index is 0.348. The highest BCUT2D eigenvalue weighted by Gasteiger charge is 2.49. The number of allylic oxidation sites excluding steroid dienone is 1. The molecule has 1 saturated carbocycles. The summed E-state index contributed by atoms with van der Waals surface area (Å²) >= 11 is 0. The molecule has 1 aliphatic carbocycles. The van der Waals surface area contributed by atoms with Crippen LogP contribution in [0.1, 0.15) is 75.2 Å². The van der Waals surface area contributed by atoms with E-state index in [1.807, 2.05) is 0 Å². The average molecular weight is 279 g/mol. The van der Waals surface area contributed by atoms with Crippen molar-refractivity contribution in [3.63, 3.8) is 0 Å². The minimum atomic E-state index is 0.348. The normalized spacial score (nSPS) is 33.0. The molecule has 0 nitrogen and oxygen atoms in total. The molecule has 0 spiro atoms. The third-order valence-corrected chi connectivity index (χ3v) is 5.60. The van der Waals surface area contributed by atoms with E-state index in [4.69, 9.17) is 0 Å². The second-order valence-electron chi connectivity index (χ2n) is 10.2. The summed E-state index contributed by atoms with van der Waals surface area (Å²) in [6.07, 6.45) is 5.01. The fourth-order valence-electron chi connectivity index (χ4n) is 4.72. The van der Waals surface area contributed by atoms with E-state index in [0.717, 1.165) is 17.8 Å². The lowest BCUT2D eigenvalue weighted by Crippen LogP contribution is -2.48. The topological polar surface area (TPSA) is 0 Å². The SMILES string of the molecule is C=CC1C(C(C)(C)C)CCC(C(C)(C)C)C1C(C)(C)C. The molecule has 1 aliphatic rings. The van der Waals surface area contributed by atoms with Crippen LogP contribution in [-0.4, -0.2) is 0 Å². The van der Waals surface area contributed by atoms with Crippen LogP contribution in [-0.2, 0) is 0 Å². The Kier molecular flexibility index (Phi) is 4.89. The van der Waals surface area contributed by atoms with Gasteiger partial charge in [-0.25, -0.2) is 0 Å². The van der Waals surface area contributed by atoms with Crippen molar-refractivity contribution in [2.75, 3.05) is 0 Å². The van der Waals surface area contributed by atoms with Crippen LogP contribution in [0.4, 0.5) is 0 Å². The summed E-state index contributed by atoms with van der Waals surface area (Å²) in [6, 6.07) is 0. The fourth-order valence-corrected chi connectivity index (χ4v) is 4.72. The van der Waals surface area contributed by atoms with Crippen LogP contribution in [0.5, 0.6) is 0 Å². The maximum Gasteiger partial charge on any atom is -0.0167 e. The Morgan fingerprint density at radius 2 is 1.10 bits per heavy atom. The summed E-state index contributed by atoms with van der Waals surface area (Å²) in [7, 11) is 0. The van der Waals surface area contributed by atoms with Crippen LogP contribution in [0, 0.1) is 39.9 Å². The van der Waals surface area contributed by atoms with Crippen molar-refractivity contribution < 1.29 is 0 Å². The average Bonchev–Trinajstić information content (AvgIpc) is 2.23. The maximum atomic E-state index is 4.23. The molecule has 4 atom stereocenters. The van der Waals surface area contributed by atoms with E-state index in [1.54, 1.807) is 0 Å². The molecule has 1 fully saturated rings. The predicted octanol–water partition coefficient (Wildman–Crippen LogP) is 6.57. The third kappa shape index (κ3) is 3.68. The summed E-state index contributed by atoms with van der Waals surface area (Å²) in [5, 5.41) is 0. The van der Waals surface area contributed by atoms with Crippen molar-refractivity contribution in [3.05, 3.63) is 12.7 Å². The van der Waals surface area contributed by atoms with Crippen molar-refractivity contribution in [2.45, 2.75) is 75.2 Å². The van der Waals surface area contributed by atoms with Gasteiger partial charge in [0, 0.05) is 0 Å². The van der Waals surface area contributed by atoms with Crippen molar-refractivity contribution in [2.24, 2.45) is 39.9 Å². The van der Waals surface area contributed by atoms with Gasteiger partial charge >= 0.3 is 0 Å². The van der Waals surface area contributed by atoms with Crippen LogP contribution < -0.4 is 0 Å². The molecule has 0 amide bonds. The van der Waals surface area contributed by atoms with E-state index < -0.39 is 0 Å². The highest BCUT2D eigenvalue weighted by atomic mass is 14.5. The molecule has 0 aliphatic heterocycles. The fraction of sp³-hybridized carbons (Fsp3) is 0.900. The van der Waals surface area contributed by atoms with Gasteiger partial charge in [0.25, 0.3) is 0 Å². The summed E-state index contributed by atoms with van der Waals surface area (Å²) in [4.78, 5) is 0. The molecular formula is C20H38. The number of hydrogen-bond acceptors (Lipinski definition) is 0. The Morgan fingerprint density at radius 1 is 0.700 bits per heavy atom. The molecule has 1 rings (SSSR count). The molecule has 0 heteroatoms. The van der Waals surface area contributed by atoms with Crippen LogP contribution in [0.2, 0.25) is 0 Å². The third-order valence-electron chi connectivity index (χ3n) is 5.60. The molecule has 4 unspecified atom stereocenters. The van der Waals surface area contributed by atoms with Crippen molar-refractivity contribution >= 4 is 0 Å². The number of hydrogen-bond donors (Lipinski definition) is 0. The Bertz CT molecular complexity index is 329. The molecule has 0 aromatic carbocycles. The van der Waals surface area contributed by atoms with Crippen LogP contribution >= 0.6 is 0 Å². The monoisotopic (exact) mass is 278 g/mol. The second-order valence-corrected chi connectivity index (χ2v) is 10.2. The van der Waals surface area contributed by atoms with Crippen LogP contribution in [0.25, 0.3) is 0 Å². The Hall–Kier alpha value is -0.260. The van der Waals surface area contributed by atoms with Crippen molar-refractivity contribution in [1.82, 2.24) is 0 Å². The lowest BCUT2D eigenvalue weighted by Gasteiger charge is -2.55. The van der Waals surface area contributed by atoms with Crippen molar-refractivity contribution in [3.8, 4) is 0 Å². The van der Waals surface area contributed by atoms with Crippen LogP contribution in [0.3, 0.4) is 0 Å². The van der Waals surface area contributed by atoms with Gasteiger partial charge in [0.15, 0.2) is 0 Å². The van der Waals surface area contributed by atoms with E-state index in [1.165, 1.54) is 12.8 Å². The minimum Gasteiger partial charge on any atom is -0.103 e. The zero-order valence-corrected chi connectivity index (χ0v) is 15.5. The predicted molar refractivity (Wildman–Crippen MR) is 91.8 cm³/mol. The second kappa shape index (κ2) is 5.50. The number of rotatable bonds is 1. The summed E-state index contributed by atoms with van der Waals surface area (Å²) < 4.78 is 0. The largest absolute Gasteiger partial charge is 0.103 e. The molecule has 0 aromatic rings. The smallest absolute Gasteiger partial charge is 0.0167 e. The first-order valence-corrected chi connectivity index (χ1v) is 8.42. The summed E-state index contributed by atoms with van der Waals surface area (Å²) in [6.45, 7) is 26.0. The van der Waals surface area contributed by atoms with E-state index >= 15 is 0 Å². The molecular weight excluding hydrogens is 240 g/mol. The first-order valence-electron chi connectivity index (χ1n) is 8.42. The molecule has 0 heterocycles. The van der Waals surface area contributed by atoms with Gasteiger partial charge in [-0.1, -0.05) is 68.4 Å². The van der Waals surface area contributed by atoms with Crippen molar-refractivity contribution in [1.29, 1.82) is 0 Å². The van der Waals surface area contributed by atoms with Gasteiger partial charge in [0.1, 0.15) is 0 Å². The van der Waals surface area contributed by atoms with Gasteiger partial charge in [-0.2, -0.15) is 0 Å². The van der Waals surface area contributed by atoms with Gasteiger partial charge < -0.3 is 0 Å². The van der Waals surface area contributed by atoms with Gasteiger partial charge in [-0.15, -0.1) is 6.58 Å². The molecule has 118 valence electrons. The quantitative estimate of drug-likeness (QED) is 0.476. The van der Waals surface area contributed by atoms with E-state index in [-0.39, 0.29) is 0 Å². The molecule has 0 bridgehead atoms. The maximum absolute atomic E-state index is 4.23. The summed E-state index contributed by atoms with van der Waals surface area (Å²) in [5.74, 6) is 2.94. The highest BCUT2D eigenvalue weighted by Crippen LogP contribution is 2.56. The van der Waals surface area contributed by atoms with Crippen LogP contribution in [0.15, 0.2) is 12.7 Å². The highest BCUT2D eigenvalue weighted by molar-refractivity contribution is 5.04. The summed E-state index contributed by atoms with van der Waals surface area (Å²) in [5.41, 5.74) is 1.12. The zero-order valence-electron chi connectivity index (χ0n) is 15.5. The van der Waals surface area contributed by atoms with Gasteiger partial charge in [0.2, 0.25) is 0 Å². The zero-order chi connectivity index (χ0) is 15.9. The first-order chi connectivity index (χ1) is 8.80. The molecule has 0 saturated heterocycles. The van der Waals surface area contributed by atoms with Gasteiger partial charge in [-0.05, 0) is 52.8 Å². The lowest BCUT2D eigenvalue weighted by atomic mass is 9.50. The Balaban J connectivity index is 3.24. The lowest BCUT2D eigenvalue weighted by molar-refractivity contribution is -0.0487. The molecule has 0 N–H and O–H groups in total. The Labute approximate surface area is 128 Å². The van der Waals surface area contributed by atoms with E-state index in [2.05, 4.69) is 75.0 Å². The van der Waals surface area contributed by atoms with Gasteiger partial charge in [-0.3, -0.25) is 0 Å². The first kappa shape index (κ1) is 17.8. The standard InChI is InChI=1S/C20H38/c1-11-14-15(18(2,3)4)12-13-16(19(5,6)7)17(14)20(8,9)10/h11,14-17H,1,12-13H2,2-10H3. The molecule has 20 heavy (non-hydrogen) atoms. The van der Waals surface area contributed by atoms with Gasteiger partial charge in [0.05, 0.1) is 0 Å². The molecule has 0 aromatic heterocycles. The van der Waals surface area contributed by atoms with E-state index in [0.29, 0.717) is 22.2 Å². The molecule has 0 radical (unpaired) electrons. The Morgan fingerprint density at radius 3 is 1.40 bits per heavy atom. The van der Waals surface area contributed by atoms with E-state index in [9.17, 15) is 0 Å².